The molecule has 18 heavy (non-hydrogen) atoms. The lowest BCUT2D eigenvalue weighted by Crippen LogP contribution is -2.61. The van der Waals surface area contributed by atoms with Crippen LogP contribution in [0.2, 0.25) is 0 Å². The molecule has 0 saturated carbocycles. The molecule has 3 heteroatoms. The van der Waals surface area contributed by atoms with Crippen LogP contribution in [0.25, 0.3) is 0 Å². The van der Waals surface area contributed by atoms with E-state index in [0.717, 1.165) is 0 Å². The second-order valence-corrected chi connectivity index (χ2v) is 6.27. The van der Waals surface area contributed by atoms with Crippen molar-refractivity contribution in [3.63, 3.8) is 0 Å². The van der Waals surface area contributed by atoms with E-state index < -0.39 is 0 Å². The molecule has 0 radical (unpaired) electrons. The van der Waals surface area contributed by atoms with Gasteiger partial charge in [0.1, 0.15) is 6.61 Å². The zero-order valence-corrected chi connectivity index (χ0v) is 11.8. The van der Waals surface area contributed by atoms with Gasteiger partial charge in [-0.1, -0.05) is 6.58 Å². The van der Waals surface area contributed by atoms with E-state index in [1.165, 1.54) is 49.7 Å². The average molecular weight is 252 g/mol. The molecule has 0 aromatic rings. The summed E-state index contributed by atoms with van der Waals surface area (Å²) in [6, 6.07) is 0.699. The Morgan fingerprint density at radius 3 is 2.72 bits per heavy atom. The van der Waals surface area contributed by atoms with Gasteiger partial charge in [-0.25, -0.2) is 4.79 Å². The van der Waals surface area contributed by atoms with Crippen LogP contribution in [0.3, 0.4) is 0 Å². The zero-order chi connectivity index (χ0) is 13.2. The van der Waals surface area contributed by atoms with Crippen molar-refractivity contribution in [2.75, 3.05) is 26.7 Å². The zero-order valence-electron chi connectivity index (χ0n) is 11.8. The maximum absolute atomic E-state index is 11.5. The molecular weight excluding hydrogens is 226 g/mol. The standard InChI is InChI=1S/C15H26NO2/c1-12(2)15(17)18-11-13-7-6-10-16(3)9-5-4-8-14(13)16/h13-14H,1,4-11H2,2-3H3/q+1/t13-,14?,16-/m0/s1. The Balaban J connectivity index is 1.95. The number of quaternary nitrogens is 1. The number of esters is 1. The van der Waals surface area contributed by atoms with Crippen molar-refractivity contribution >= 4 is 5.97 Å². The maximum Gasteiger partial charge on any atom is 0.333 e. The van der Waals surface area contributed by atoms with E-state index in [4.69, 9.17) is 4.74 Å². The van der Waals surface area contributed by atoms with Gasteiger partial charge in [0.05, 0.1) is 26.2 Å². The van der Waals surface area contributed by atoms with Crippen LogP contribution in [0.5, 0.6) is 0 Å². The Morgan fingerprint density at radius 1 is 1.28 bits per heavy atom. The van der Waals surface area contributed by atoms with Gasteiger partial charge in [0.25, 0.3) is 0 Å². The second-order valence-electron chi connectivity index (χ2n) is 6.27. The molecule has 0 bridgehead atoms. The third-order valence-corrected chi connectivity index (χ3v) is 4.78. The molecule has 3 nitrogen and oxygen atoms in total. The number of carbonyl (C=O) groups is 1. The summed E-state index contributed by atoms with van der Waals surface area (Å²) in [6.45, 7) is 8.54. The summed E-state index contributed by atoms with van der Waals surface area (Å²) in [5, 5.41) is 0. The Kier molecular flexibility index (Phi) is 4.10. The number of nitrogens with zero attached hydrogens (tertiary/aromatic N) is 1. The van der Waals surface area contributed by atoms with Crippen LogP contribution in [0.1, 0.15) is 39.0 Å². The molecule has 2 heterocycles. The first-order chi connectivity index (χ1) is 8.53. The van der Waals surface area contributed by atoms with Crippen LogP contribution in [0.4, 0.5) is 0 Å². The van der Waals surface area contributed by atoms with Crippen LogP contribution in [0.15, 0.2) is 12.2 Å². The minimum absolute atomic E-state index is 0.231. The molecule has 2 aliphatic heterocycles. The van der Waals surface area contributed by atoms with Crippen LogP contribution >= 0.6 is 0 Å². The first kappa shape index (κ1) is 13.6. The lowest BCUT2D eigenvalue weighted by Gasteiger charge is -2.51. The van der Waals surface area contributed by atoms with Gasteiger partial charge < -0.3 is 9.22 Å². The summed E-state index contributed by atoms with van der Waals surface area (Å²) >= 11 is 0. The van der Waals surface area contributed by atoms with Crippen molar-refractivity contribution in [1.82, 2.24) is 0 Å². The van der Waals surface area contributed by atoms with Gasteiger partial charge in [0.2, 0.25) is 0 Å². The predicted molar refractivity (Wildman–Crippen MR) is 72.1 cm³/mol. The largest absolute Gasteiger partial charge is 0.462 e. The van der Waals surface area contributed by atoms with Crippen LogP contribution in [-0.4, -0.2) is 43.2 Å². The number of fused-ring (bicyclic) bond motifs is 1. The van der Waals surface area contributed by atoms with Crippen molar-refractivity contribution in [3.8, 4) is 0 Å². The molecule has 1 unspecified atom stereocenters. The quantitative estimate of drug-likeness (QED) is 0.438. The third kappa shape index (κ3) is 2.77. The number of hydrogen-bond donors (Lipinski definition) is 0. The lowest BCUT2D eigenvalue weighted by molar-refractivity contribution is -0.947. The summed E-state index contributed by atoms with van der Waals surface area (Å²) in [5.41, 5.74) is 0.506. The van der Waals surface area contributed by atoms with Gasteiger partial charge in [-0.2, -0.15) is 0 Å². The minimum atomic E-state index is -0.231. The van der Waals surface area contributed by atoms with Gasteiger partial charge in [-0.05, 0) is 32.6 Å². The molecule has 2 rings (SSSR count). The van der Waals surface area contributed by atoms with Crippen LogP contribution in [-0.2, 0) is 9.53 Å². The molecule has 0 aliphatic carbocycles. The molecule has 2 aliphatic rings. The fourth-order valence-corrected chi connectivity index (χ4v) is 3.73. The topological polar surface area (TPSA) is 26.3 Å². The number of carbonyl (C=O) groups excluding carboxylic acids is 1. The Bertz CT molecular complexity index is 335. The fraction of sp³-hybridized carbons (Fsp3) is 0.800. The third-order valence-electron chi connectivity index (χ3n) is 4.78. The van der Waals surface area contributed by atoms with Gasteiger partial charge in [0.15, 0.2) is 0 Å². The SMILES string of the molecule is C=C(C)C(=O)OC[C@@H]1CCC[N@+]2(C)CCCCC12. The summed E-state index contributed by atoms with van der Waals surface area (Å²) < 4.78 is 6.59. The van der Waals surface area contributed by atoms with Crippen molar-refractivity contribution in [2.45, 2.75) is 45.1 Å². The van der Waals surface area contributed by atoms with E-state index in [1.807, 2.05) is 0 Å². The van der Waals surface area contributed by atoms with E-state index in [-0.39, 0.29) is 5.97 Å². The molecule has 0 N–H and O–H groups in total. The van der Waals surface area contributed by atoms with E-state index in [9.17, 15) is 4.79 Å². The van der Waals surface area contributed by atoms with Gasteiger partial charge in [-0.15, -0.1) is 0 Å². The molecule has 0 spiro atoms. The van der Waals surface area contributed by atoms with Gasteiger partial charge in [0, 0.05) is 17.9 Å². The summed E-state index contributed by atoms with van der Waals surface area (Å²) in [5.74, 6) is 0.318. The maximum atomic E-state index is 11.5. The molecule has 0 aromatic carbocycles. The van der Waals surface area contributed by atoms with Crippen molar-refractivity contribution in [2.24, 2.45) is 5.92 Å². The highest BCUT2D eigenvalue weighted by Gasteiger charge is 2.43. The van der Waals surface area contributed by atoms with E-state index in [1.54, 1.807) is 6.92 Å². The first-order valence-corrected chi connectivity index (χ1v) is 7.20. The number of rotatable bonds is 3. The summed E-state index contributed by atoms with van der Waals surface area (Å²) in [7, 11) is 2.39. The molecule has 2 saturated heterocycles. The van der Waals surface area contributed by atoms with Crippen LogP contribution < -0.4 is 0 Å². The van der Waals surface area contributed by atoms with E-state index in [0.29, 0.717) is 24.1 Å². The molecule has 3 atom stereocenters. The smallest absolute Gasteiger partial charge is 0.333 e. The predicted octanol–water partition coefficient (Wildman–Crippen LogP) is 2.51. The number of hydrogen-bond acceptors (Lipinski definition) is 2. The second kappa shape index (κ2) is 5.43. The van der Waals surface area contributed by atoms with Gasteiger partial charge >= 0.3 is 5.97 Å². The molecule has 0 amide bonds. The Hall–Kier alpha value is -0.830. The molecule has 2 fully saturated rings. The minimum Gasteiger partial charge on any atom is -0.462 e. The molecule has 102 valence electrons. The van der Waals surface area contributed by atoms with E-state index >= 15 is 0 Å². The molecular formula is C15H26NO2+. The average Bonchev–Trinajstić information content (AvgIpc) is 2.34. The number of ether oxygens (including phenoxy) is 1. The van der Waals surface area contributed by atoms with Crippen molar-refractivity contribution < 1.29 is 14.0 Å². The first-order valence-electron chi connectivity index (χ1n) is 7.20. The lowest BCUT2D eigenvalue weighted by atomic mass is 9.82. The number of piperidine rings is 2. The molecule has 0 aromatic heterocycles. The van der Waals surface area contributed by atoms with Crippen molar-refractivity contribution in [1.29, 1.82) is 0 Å². The monoisotopic (exact) mass is 252 g/mol. The highest BCUT2D eigenvalue weighted by atomic mass is 16.5. The Morgan fingerprint density at radius 2 is 2.00 bits per heavy atom. The highest BCUT2D eigenvalue weighted by molar-refractivity contribution is 5.86. The summed E-state index contributed by atoms with van der Waals surface area (Å²) in [6.07, 6.45) is 6.46. The highest BCUT2D eigenvalue weighted by Crippen LogP contribution is 2.36. The summed E-state index contributed by atoms with van der Waals surface area (Å²) in [4.78, 5) is 11.5. The van der Waals surface area contributed by atoms with Gasteiger partial charge in [-0.3, -0.25) is 0 Å². The van der Waals surface area contributed by atoms with Crippen LogP contribution in [0, 0.1) is 5.92 Å². The van der Waals surface area contributed by atoms with Crippen molar-refractivity contribution in [3.05, 3.63) is 12.2 Å². The fourth-order valence-electron chi connectivity index (χ4n) is 3.73. The van der Waals surface area contributed by atoms with E-state index in [2.05, 4.69) is 13.6 Å². The Labute approximate surface area is 110 Å². The normalized spacial score (nSPS) is 35.7.